The first-order chi connectivity index (χ1) is 28.3. The number of nitrogens with one attached hydrogen (secondary N) is 3. The van der Waals surface area contributed by atoms with Crippen LogP contribution >= 0.6 is 0 Å². The predicted octanol–water partition coefficient (Wildman–Crippen LogP) is 6.41. The second-order valence-corrected chi connectivity index (χ2v) is 14.3. The number of ether oxygens (including phenoxy) is 3. The number of fused-ring (bicyclic) bond motifs is 3. The first kappa shape index (κ1) is 43.1. The van der Waals surface area contributed by atoms with Crippen LogP contribution in [0.2, 0.25) is 0 Å². The molecule has 58 heavy (non-hydrogen) atoms. The summed E-state index contributed by atoms with van der Waals surface area (Å²) in [6.45, 7) is 7.29. The molecule has 0 aliphatic heterocycles. The summed E-state index contributed by atoms with van der Waals surface area (Å²) in [4.78, 5) is 53.5. The van der Waals surface area contributed by atoms with Crippen LogP contribution in [0.4, 0.5) is 4.79 Å². The predicted molar refractivity (Wildman–Crippen MR) is 222 cm³/mol. The van der Waals surface area contributed by atoms with Crippen molar-refractivity contribution >= 4 is 23.9 Å². The summed E-state index contributed by atoms with van der Waals surface area (Å²) in [5.41, 5.74) is 6.20. The maximum Gasteiger partial charge on any atom is 0.407 e. The van der Waals surface area contributed by atoms with Crippen molar-refractivity contribution in [3.63, 3.8) is 0 Å². The van der Waals surface area contributed by atoms with Gasteiger partial charge in [0.15, 0.2) is 0 Å². The molecule has 0 spiro atoms. The maximum absolute atomic E-state index is 13.7. The summed E-state index contributed by atoms with van der Waals surface area (Å²) in [5.74, 6) is -2.52. The van der Waals surface area contributed by atoms with Crippen molar-refractivity contribution in [2.24, 2.45) is 5.92 Å². The fraction of sp³-hybridized carbons (Fsp3) is 0.319. The highest BCUT2D eigenvalue weighted by atomic mass is 16.6. The highest BCUT2D eigenvalue weighted by molar-refractivity contribution is 5.86. The largest absolute Gasteiger partial charge is 0.462 e. The van der Waals surface area contributed by atoms with Gasteiger partial charge in [-0.05, 0) is 59.1 Å². The van der Waals surface area contributed by atoms with Gasteiger partial charge in [0.2, 0.25) is 11.8 Å². The molecular weight excluding hydrogens is 735 g/mol. The summed E-state index contributed by atoms with van der Waals surface area (Å²) in [6.07, 6.45) is 3.53. The molecule has 0 heterocycles. The smallest absolute Gasteiger partial charge is 0.407 e. The van der Waals surface area contributed by atoms with Gasteiger partial charge in [-0.1, -0.05) is 121 Å². The molecule has 0 radical (unpaired) electrons. The van der Waals surface area contributed by atoms with E-state index in [4.69, 9.17) is 14.2 Å². The highest BCUT2D eigenvalue weighted by Gasteiger charge is 2.31. The number of aliphatic hydroxyl groups excluding tert-OH is 1. The molecule has 0 saturated carbocycles. The molecule has 304 valence electrons. The quantitative estimate of drug-likeness (QED) is 0.0498. The van der Waals surface area contributed by atoms with Gasteiger partial charge in [0, 0.05) is 12.3 Å². The number of hydrogen-bond donors (Lipinski definition) is 4. The summed E-state index contributed by atoms with van der Waals surface area (Å²) in [7, 11) is 0. The Kier molecular flexibility index (Phi) is 16.8. The molecule has 0 bridgehead atoms. The molecular formula is C47H53N3O8. The van der Waals surface area contributed by atoms with E-state index in [2.05, 4.69) is 41.2 Å². The number of esters is 1. The minimum absolute atomic E-state index is 0.0122. The monoisotopic (exact) mass is 787 g/mol. The normalized spacial score (nSPS) is 13.7. The van der Waals surface area contributed by atoms with Crippen molar-refractivity contribution < 1.29 is 38.5 Å². The van der Waals surface area contributed by atoms with Crippen molar-refractivity contribution in [1.29, 1.82) is 0 Å². The summed E-state index contributed by atoms with van der Waals surface area (Å²) >= 11 is 0. The van der Waals surface area contributed by atoms with Gasteiger partial charge in [0.25, 0.3) is 0 Å². The zero-order chi connectivity index (χ0) is 41.1. The Hall–Kier alpha value is -6.04. The van der Waals surface area contributed by atoms with E-state index >= 15 is 0 Å². The second kappa shape index (κ2) is 22.6. The van der Waals surface area contributed by atoms with Crippen molar-refractivity contribution in [1.82, 2.24) is 16.0 Å². The summed E-state index contributed by atoms with van der Waals surface area (Å²) in [6, 6.07) is 32.6. The van der Waals surface area contributed by atoms with Gasteiger partial charge in [0.1, 0.15) is 19.3 Å². The van der Waals surface area contributed by atoms with Crippen molar-refractivity contribution in [3.8, 4) is 11.1 Å². The van der Waals surface area contributed by atoms with E-state index in [0.717, 1.165) is 33.4 Å². The molecule has 0 fully saturated rings. The van der Waals surface area contributed by atoms with Crippen LogP contribution in [0.1, 0.15) is 53.9 Å². The van der Waals surface area contributed by atoms with E-state index in [1.54, 1.807) is 12.2 Å². The number of hydrogen-bond acceptors (Lipinski definition) is 8. The number of amides is 3. The Labute approximate surface area is 340 Å². The molecule has 5 rings (SSSR count). The van der Waals surface area contributed by atoms with Crippen LogP contribution in [-0.4, -0.2) is 73.5 Å². The number of carbonyl (C=O) groups is 4. The Morgan fingerprint density at radius 1 is 0.707 bits per heavy atom. The molecule has 11 nitrogen and oxygen atoms in total. The lowest BCUT2D eigenvalue weighted by atomic mass is 9.98. The number of rotatable bonds is 23. The zero-order valence-corrected chi connectivity index (χ0v) is 32.7. The number of aliphatic hydroxyl groups is 1. The molecule has 0 aromatic heterocycles. The van der Waals surface area contributed by atoms with Gasteiger partial charge >= 0.3 is 12.1 Å². The lowest BCUT2D eigenvalue weighted by Crippen LogP contribution is -2.48. The third-order valence-electron chi connectivity index (χ3n) is 9.95. The molecule has 1 aliphatic carbocycles. The van der Waals surface area contributed by atoms with Crippen LogP contribution in [0.25, 0.3) is 11.1 Å². The van der Waals surface area contributed by atoms with Crippen molar-refractivity contribution in [2.45, 2.75) is 62.8 Å². The molecule has 4 aromatic rings. The molecule has 4 aromatic carbocycles. The topological polar surface area (TPSA) is 152 Å². The lowest BCUT2D eigenvalue weighted by molar-refractivity contribution is -0.148. The Balaban J connectivity index is 1.20. The molecule has 3 amide bonds. The van der Waals surface area contributed by atoms with Crippen LogP contribution in [-0.2, 0) is 41.6 Å². The van der Waals surface area contributed by atoms with Gasteiger partial charge in [-0.2, -0.15) is 0 Å². The second-order valence-electron chi connectivity index (χ2n) is 14.3. The third kappa shape index (κ3) is 12.7. The zero-order valence-electron chi connectivity index (χ0n) is 32.7. The van der Waals surface area contributed by atoms with Gasteiger partial charge in [-0.25, -0.2) is 9.59 Å². The lowest BCUT2D eigenvalue weighted by Gasteiger charge is -2.24. The number of benzene rings is 4. The summed E-state index contributed by atoms with van der Waals surface area (Å²) < 4.78 is 17.4. The van der Waals surface area contributed by atoms with Crippen molar-refractivity contribution in [2.75, 3.05) is 26.4 Å². The average Bonchev–Trinajstić information content (AvgIpc) is 3.56. The van der Waals surface area contributed by atoms with Crippen LogP contribution in [0.3, 0.4) is 0 Å². The van der Waals surface area contributed by atoms with Crippen LogP contribution in [0, 0.1) is 5.92 Å². The van der Waals surface area contributed by atoms with Crippen LogP contribution in [0.5, 0.6) is 0 Å². The van der Waals surface area contributed by atoms with E-state index in [0.29, 0.717) is 12.8 Å². The van der Waals surface area contributed by atoms with Gasteiger partial charge < -0.3 is 35.3 Å². The Bertz CT molecular complexity index is 1930. The third-order valence-corrected chi connectivity index (χ3v) is 9.95. The number of allylic oxidation sites excluding steroid dienone is 2. The maximum atomic E-state index is 13.7. The number of alkyl carbamates (subject to hydrolysis) is 1. The van der Waals surface area contributed by atoms with Gasteiger partial charge in [0.05, 0.1) is 37.8 Å². The molecule has 1 aliphatic rings. The first-order valence-electron chi connectivity index (χ1n) is 19.7. The van der Waals surface area contributed by atoms with E-state index < -0.39 is 47.9 Å². The van der Waals surface area contributed by atoms with E-state index in [1.807, 2.05) is 97.1 Å². The van der Waals surface area contributed by atoms with E-state index in [-0.39, 0.29) is 58.2 Å². The van der Waals surface area contributed by atoms with Crippen LogP contribution < -0.4 is 16.0 Å². The standard InChI is InChI=1S/C47H53N3O8/c1-3-5-25-43(50-47(55)58-32-42-40-23-14-12-21-38(40)39-22-13-15-24-41(39)42)46(54)57-31-37(30-56-29-34-19-10-7-11-20-34)49-45(53)35(16-4-2)27-44(52)48-36(28-51)26-33-17-8-6-9-18-33/h3-4,6-15,17-24,35-37,42-43,51H,1-2,5,16,25-32H2,(H,48,52)(H,49,53)(H,50,55)/t35-,36-,37+,43+/m1/s1. The van der Waals surface area contributed by atoms with E-state index in [1.165, 1.54) is 0 Å². The molecule has 4 atom stereocenters. The minimum atomic E-state index is -1.05. The molecule has 0 saturated heterocycles. The average molecular weight is 788 g/mol. The summed E-state index contributed by atoms with van der Waals surface area (Å²) in [5, 5.41) is 18.3. The van der Waals surface area contributed by atoms with Gasteiger partial charge in [-0.15, -0.1) is 13.2 Å². The highest BCUT2D eigenvalue weighted by Crippen LogP contribution is 2.44. The Morgan fingerprint density at radius 3 is 1.95 bits per heavy atom. The SMILES string of the molecule is C=CCC[C@H](NC(=O)OCC1c2ccccc2-c2ccccc21)C(=O)OC[C@H](COCc1ccccc1)NC(=O)[C@H](CC=C)CC(=O)N[C@@H](CO)Cc1ccccc1. The van der Waals surface area contributed by atoms with Crippen molar-refractivity contribution in [3.05, 3.63) is 157 Å². The molecule has 0 unspecified atom stereocenters. The molecule has 4 N–H and O–H groups in total. The number of carbonyl (C=O) groups excluding carboxylic acids is 4. The molecule has 11 heteroatoms. The van der Waals surface area contributed by atoms with Crippen LogP contribution in [0.15, 0.2) is 135 Å². The fourth-order valence-electron chi connectivity index (χ4n) is 7.00. The van der Waals surface area contributed by atoms with Gasteiger partial charge in [-0.3, -0.25) is 9.59 Å². The first-order valence-corrected chi connectivity index (χ1v) is 19.7. The minimum Gasteiger partial charge on any atom is -0.462 e. The Morgan fingerprint density at radius 2 is 1.33 bits per heavy atom. The van der Waals surface area contributed by atoms with E-state index in [9.17, 15) is 24.3 Å². The fourth-order valence-corrected chi connectivity index (χ4v) is 7.00.